The zero-order chi connectivity index (χ0) is 15.3. The summed E-state index contributed by atoms with van der Waals surface area (Å²) >= 11 is 0. The van der Waals surface area contributed by atoms with E-state index in [1.807, 2.05) is 37.3 Å². The molecule has 2 rings (SSSR count). The molecule has 4 nitrogen and oxygen atoms in total. The molecule has 1 heterocycles. The fourth-order valence-electron chi connectivity index (χ4n) is 2.20. The van der Waals surface area contributed by atoms with Gasteiger partial charge in [-0.25, -0.2) is 0 Å². The van der Waals surface area contributed by atoms with Crippen molar-refractivity contribution in [2.24, 2.45) is 5.41 Å². The van der Waals surface area contributed by atoms with E-state index in [2.05, 4.69) is 5.32 Å². The van der Waals surface area contributed by atoms with Gasteiger partial charge in [0.2, 0.25) is 0 Å². The molecule has 0 saturated carbocycles. The third-order valence-corrected chi connectivity index (χ3v) is 3.90. The average Bonchev–Trinajstić information content (AvgIpc) is 3.00. The van der Waals surface area contributed by atoms with Crippen molar-refractivity contribution in [2.75, 3.05) is 6.54 Å². The van der Waals surface area contributed by atoms with E-state index >= 15 is 0 Å². The first-order valence-corrected chi connectivity index (χ1v) is 7.04. The van der Waals surface area contributed by atoms with Gasteiger partial charge < -0.3 is 14.8 Å². The highest BCUT2D eigenvalue weighted by Gasteiger charge is 2.31. The fourth-order valence-corrected chi connectivity index (χ4v) is 2.20. The van der Waals surface area contributed by atoms with Crippen molar-refractivity contribution in [1.82, 2.24) is 5.32 Å². The minimum absolute atomic E-state index is 0.191. The lowest BCUT2D eigenvalue weighted by Gasteiger charge is -2.33. The molecular weight excluding hydrogens is 266 g/mol. The smallest absolute Gasteiger partial charge is 0.254 e. The molecule has 4 heteroatoms. The molecule has 0 bridgehead atoms. The molecular formula is C17H21NO3. The Morgan fingerprint density at radius 1 is 1.33 bits per heavy atom. The van der Waals surface area contributed by atoms with Gasteiger partial charge in [-0.2, -0.15) is 0 Å². The molecule has 1 aromatic carbocycles. The van der Waals surface area contributed by atoms with Crippen molar-refractivity contribution in [1.29, 1.82) is 0 Å². The Labute approximate surface area is 124 Å². The number of carbonyl (C=O) groups excluding carboxylic acids is 1. The summed E-state index contributed by atoms with van der Waals surface area (Å²) in [6, 6.07) is 11.6. The molecule has 0 fully saturated rings. The summed E-state index contributed by atoms with van der Waals surface area (Å²) in [5.41, 5.74) is 1.20. The molecule has 0 spiro atoms. The number of rotatable bonds is 6. The third kappa shape index (κ3) is 3.95. The van der Waals surface area contributed by atoms with Crippen molar-refractivity contribution in [3.63, 3.8) is 0 Å². The molecule has 0 saturated heterocycles. The Balaban J connectivity index is 2.03. The number of hydrogen-bond acceptors (Lipinski definition) is 3. The molecule has 0 aliphatic rings. The normalized spacial score (nSPS) is 15.2. The highest BCUT2D eigenvalue weighted by molar-refractivity contribution is 5.93. The molecule has 1 aromatic heterocycles. The number of nitrogens with one attached hydrogen (secondary N) is 1. The summed E-state index contributed by atoms with van der Waals surface area (Å²) in [7, 11) is 0. The van der Waals surface area contributed by atoms with Crippen LogP contribution in [0.15, 0.2) is 53.3 Å². The van der Waals surface area contributed by atoms with Crippen LogP contribution in [0.4, 0.5) is 0 Å². The number of amides is 1. The number of hydrogen-bond donors (Lipinski definition) is 2. The summed E-state index contributed by atoms with van der Waals surface area (Å²) in [6.07, 6.45) is 3.03. The van der Waals surface area contributed by atoms with E-state index in [1.54, 1.807) is 13.0 Å². The van der Waals surface area contributed by atoms with E-state index in [9.17, 15) is 9.90 Å². The largest absolute Gasteiger partial charge is 0.472 e. The second-order valence-corrected chi connectivity index (χ2v) is 5.69. The Morgan fingerprint density at radius 3 is 2.62 bits per heavy atom. The van der Waals surface area contributed by atoms with Crippen molar-refractivity contribution in [3.8, 4) is 0 Å². The second-order valence-electron chi connectivity index (χ2n) is 5.69. The van der Waals surface area contributed by atoms with Crippen LogP contribution in [-0.2, 0) is 6.42 Å². The predicted molar refractivity (Wildman–Crippen MR) is 81.0 cm³/mol. The molecule has 112 valence electrons. The lowest BCUT2D eigenvalue weighted by atomic mass is 9.79. The lowest BCUT2D eigenvalue weighted by Crippen LogP contribution is -2.43. The van der Waals surface area contributed by atoms with Crippen LogP contribution < -0.4 is 5.32 Å². The SMILES string of the molecule is C[C@@H](O)[C@](C)(CNC(=O)c1ccoc1)Cc1ccccc1. The van der Waals surface area contributed by atoms with Crippen LogP contribution >= 0.6 is 0 Å². The monoisotopic (exact) mass is 287 g/mol. The van der Waals surface area contributed by atoms with Crippen LogP contribution in [0, 0.1) is 5.41 Å². The van der Waals surface area contributed by atoms with Gasteiger partial charge in [0.1, 0.15) is 6.26 Å². The van der Waals surface area contributed by atoms with Crippen LogP contribution in [0.1, 0.15) is 29.8 Å². The average molecular weight is 287 g/mol. The Hall–Kier alpha value is -2.07. The Morgan fingerprint density at radius 2 is 2.05 bits per heavy atom. The number of benzene rings is 1. The first-order chi connectivity index (χ1) is 10.0. The third-order valence-electron chi connectivity index (χ3n) is 3.90. The van der Waals surface area contributed by atoms with Gasteiger partial charge in [0.05, 0.1) is 17.9 Å². The predicted octanol–water partition coefficient (Wildman–Crippen LogP) is 2.64. The van der Waals surface area contributed by atoms with E-state index in [-0.39, 0.29) is 5.91 Å². The zero-order valence-corrected chi connectivity index (χ0v) is 12.4. The summed E-state index contributed by atoms with van der Waals surface area (Å²) < 4.78 is 4.90. The minimum Gasteiger partial charge on any atom is -0.472 e. The fraction of sp³-hybridized carbons (Fsp3) is 0.353. The number of furan rings is 1. The Kier molecular flexibility index (Phi) is 4.81. The van der Waals surface area contributed by atoms with Crippen LogP contribution in [0.2, 0.25) is 0 Å². The van der Waals surface area contributed by atoms with Gasteiger partial charge in [0.25, 0.3) is 5.91 Å². The topological polar surface area (TPSA) is 62.5 Å². The van der Waals surface area contributed by atoms with Crippen molar-refractivity contribution in [2.45, 2.75) is 26.4 Å². The molecule has 0 unspecified atom stereocenters. The van der Waals surface area contributed by atoms with E-state index < -0.39 is 11.5 Å². The van der Waals surface area contributed by atoms with E-state index in [4.69, 9.17) is 4.42 Å². The number of aliphatic hydroxyl groups excluding tert-OH is 1. The molecule has 1 amide bonds. The van der Waals surface area contributed by atoms with Gasteiger partial charge in [0, 0.05) is 12.0 Å². The first kappa shape index (κ1) is 15.3. The summed E-state index contributed by atoms with van der Waals surface area (Å²) in [6.45, 7) is 4.12. The van der Waals surface area contributed by atoms with Crippen molar-refractivity contribution < 1.29 is 14.3 Å². The maximum atomic E-state index is 12.0. The van der Waals surface area contributed by atoms with Crippen LogP contribution in [0.25, 0.3) is 0 Å². The van der Waals surface area contributed by atoms with Crippen LogP contribution in [-0.4, -0.2) is 23.7 Å². The van der Waals surface area contributed by atoms with Gasteiger partial charge in [0.15, 0.2) is 0 Å². The highest BCUT2D eigenvalue weighted by atomic mass is 16.3. The number of aliphatic hydroxyl groups is 1. The van der Waals surface area contributed by atoms with E-state index in [1.165, 1.54) is 12.5 Å². The standard InChI is InChI=1S/C17H21NO3/c1-13(19)17(2,10-14-6-4-3-5-7-14)12-18-16(20)15-8-9-21-11-15/h3-9,11,13,19H,10,12H2,1-2H3,(H,18,20)/t13-,17+/m1/s1. The van der Waals surface area contributed by atoms with Crippen molar-refractivity contribution in [3.05, 3.63) is 60.1 Å². The van der Waals surface area contributed by atoms with Crippen LogP contribution in [0.5, 0.6) is 0 Å². The maximum absolute atomic E-state index is 12.0. The molecule has 2 aromatic rings. The molecule has 21 heavy (non-hydrogen) atoms. The molecule has 2 N–H and O–H groups in total. The summed E-state index contributed by atoms with van der Waals surface area (Å²) in [5, 5.41) is 13.0. The van der Waals surface area contributed by atoms with E-state index in [0.29, 0.717) is 18.5 Å². The summed E-state index contributed by atoms with van der Waals surface area (Å²) in [5.74, 6) is -0.191. The van der Waals surface area contributed by atoms with Crippen molar-refractivity contribution >= 4 is 5.91 Å². The minimum atomic E-state index is -0.539. The number of carbonyl (C=O) groups is 1. The molecule has 2 atom stereocenters. The Bertz CT molecular complexity index is 563. The van der Waals surface area contributed by atoms with Gasteiger partial charge >= 0.3 is 0 Å². The lowest BCUT2D eigenvalue weighted by molar-refractivity contribution is 0.0500. The van der Waals surface area contributed by atoms with E-state index in [0.717, 1.165) is 5.56 Å². The zero-order valence-electron chi connectivity index (χ0n) is 12.4. The maximum Gasteiger partial charge on any atom is 0.254 e. The molecule has 0 aliphatic carbocycles. The van der Waals surface area contributed by atoms with Gasteiger partial charge in [-0.1, -0.05) is 37.3 Å². The van der Waals surface area contributed by atoms with Gasteiger partial charge in [-0.05, 0) is 25.0 Å². The second kappa shape index (κ2) is 6.59. The molecule has 0 aliphatic heterocycles. The first-order valence-electron chi connectivity index (χ1n) is 7.04. The summed E-state index contributed by atoms with van der Waals surface area (Å²) in [4.78, 5) is 12.0. The van der Waals surface area contributed by atoms with Gasteiger partial charge in [-0.3, -0.25) is 4.79 Å². The van der Waals surface area contributed by atoms with Gasteiger partial charge in [-0.15, -0.1) is 0 Å². The highest BCUT2D eigenvalue weighted by Crippen LogP contribution is 2.26. The molecule has 0 radical (unpaired) electrons. The quantitative estimate of drug-likeness (QED) is 0.858. The van der Waals surface area contributed by atoms with Crippen LogP contribution in [0.3, 0.4) is 0 Å².